The van der Waals surface area contributed by atoms with Crippen LogP contribution >= 0.6 is 0 Å². The molecule has 1 aliphatic rings. The quantitative estimate of drug-likeness (QED) is 0.754. The van der Waals surface area contributed by atoms with Gasteiger partial charge in [-0.25, -0.2) is 4.79 Å². The lowest BCUT2D eigenvalue weighted by Gasteiger charge is -2.29. The predicted molar refractivity (Wildman–Crippen MR) is 71.2 cm³/mol. The largest absolute Gasteiger partial charge is 0.479 e. The fourth-order valence-electron chi connectivity index (χ4n) is 2.28. The number of aliphatic carboxylic acids is 1. The number of rotatable bonds is 5. The SMILES string of the molecule is O=C(O)[C@H](Cc1c[nH]c2ccccc12)OC1CNC1. The Hall–Kier alpha value is -1.85. The molecule has 1 fully saturated rings. The molecule has 100 valence electrons. The summed E-state index contributed by atoms with van der Waals surface area (Å²) >= 11 is 0. The van der Waals surface area contributed by atoms with Gasteiger partial charge in [-0.2, -0.15) is 0 Å². The van der Waals surface area contributed by atoms with E-state index in [1.54, 1.807) is 0 Å². The van der Waals surface area contributed by atoms with E-state index in [0.717, 1.165) is 29.6 Å². The van der Waals surface area contributed by atoms with Gasteiger partial charge >= 0.3 is 5.97 Å². The van der Waals surface area contributed by atoms with Crippen LogP contribution in [0.5, 0.6) is 0 Å². The van der Waals surface area contributed by atoms with Crippen molar-refractivity contribution in [2.75, 3.05) is 13.1 Å². The topological polar surface area (TPSA) is 74.3 Å². The zero-order valence-corrected chi connectivity index (χ0v) is 10.4. The summed E-state index contributed by atoms with van der Waals surface area (Å²) in [6, 6.07) is 7.87. The lowest BCUT2D eigenvalue weighted by molar-refractivity contribution is -0.156. The minimum absolute atomic E-state index is 0.0197. The smallest absolute Gasteiger partial charge is 0.333 e. The van der Waals surface area contributed by atoms with Gasteiger partial charge in [0.25, 0.3) is 0 Å². The van der Waals surface area contributed by atoms with Crippen molar-refractivity contribution in [2.24, 2.45) is 0 Å². The number of hydrogen-bond donors (Lipinski definition) is 3. The Morgan fingerprint density at radius 2 is 2.21 bits per heavy atom. The maximum Gasteiger partial charge on any atom is 0.333 e. The van der Waals surface area contributed by atoms with Gasteiger partial charge < -0.3 is 20.1 Å². The van der Waals surface area contributed by atoms with Gasteiger partial charge in [0.15, 0.2) is 6.10 Å². The molecule has 5 heteroatoms. The van der Waals surface area contributed by atoms with Gasteiger partial charge in [0.1, 0.15) is 0 Å². The van der Waals surface area contributed by atoms with E-state index in [0.29, 0.717) is 6.42 Å². The van der Waals surface area contributed by atoms with E-state index in [2.05, 4.69) is 10.3 Å². The summed E-state index contributed by atoms with van der Waals surface area (Å²) in [5.41, 5.74) is 2.00. The Bertz CT molecular complexity index is 589. The van der Waals surface area contributed by atoms with Crippen molar-refractivity contribution in [1.82, 2.24) is 10.3 Å². The summed E-state index contributed by atoms with van der Waals surface area (Å²) in [4.78, 5) is 14.4. The highest BCUT2D eigenvalue weighted by Crippen LogP contribution is 2.20. The number of aromatic nitrogens is 1. The van der Waals surface area contributed by atoms with Gasteiger partial charge in [0.05, 0.1) is 6.10 Å². The van der Waals surface area contributed by atoms with Crippen LogP contribution in [0, 0.1) is 0 Å². The third-order valence-electron chi connectivity index (χ3n) is 3.46. The summed E-state index contributed by atoms with van der Waals surface area (Å²) in [6.45, 7) is 1.47. The van der Waals surface area contributed by atoms with Crippen molar-refractivity contribution in [3.05, 3.63) is 36.0 Å². The number of fused-ring (bicyclic) bond motifs is 1. The summed E-state index contributed by atoms with van der Waals surface area (Å²) in [5.74, 6) is -0.905. The average Bonchev–Trinajstić information content (AvgIpc) is 2.75. The van der Waals surface area contributed by atoms with Gasteiger partial charge in [-0.3, -0.25) is 0 Å². The third kappa shape index (κ3) is 2.47. The summed E-state index contributed by atoms with van der Waals surface area (Å²) in [7, 11) is 0. The zero-order chi connectivity index (χ0) is 13.2. The second-order valence-corrected chi connectivity index (χ2v) is 4.81. The van der Waals surface area contributed by atoms with Crippen molar-refractivity contribution < 1.29 is 14.6 Å². The molecule has 0 amide bonds. The van der Waals surface area contributed by atoms with Crippen molar-refractivity contribution in [3.63, 3.8) is 0 Å². The fraction of sp³-hybridized carbons (Fsp3) is 0.357. The highest BCUT2D eigenvalue weighted by molar-refractivity contribution is 5.84. The van der Waals surface area contributed by atoms with E-state index in [1.807, 2.05) is 30.5 Å². The molecular formula is C14H16N2O3. The number of ether oxygens (including phenoxy) is 1. The first-order valence-electron chi connectivity index (χ1n) is 6.38. The molecule has 0 saturated carbocycles. The predicted octanol–water partition coefficient (Wildman–Crippen LogP) is 1.15. The van der Waals surface area contributed by atoms with E-state index in [-0.39, 0.29) is 6.10 Å². The minimum Gasteiger partial charge on any atom is -0.479 e. The van der Waals surface area contributed by atoms with Crippen LogP contribution in [0.2, 0.25) is 0 Å². The van der Waals surface area contributed by atoms with Crippen molar-refractivity contribution in [2.45, 2.75) is 18.6 Å². The molecule has 2 heterocycles. The lowest BCUT2D eigenvalue weighted by Crippen LogP contribution is -2.51. The molecular weight excluding hydrogens is 244 g/mol. The number of carboxylic acid groups (broad SMARTS) is 1. The second kappa shape index (κ2) is 5.03. The van der Waals surface area contributed by atoms with Crippen LogP contribution in [0.4, 0.5) is 0 Å². The van der Waals surface area contributed by atoms with Gasteiger partial charge in [-0.1, -0.05) is 18.2 Å². The van der Waals surface area contributed by atoms with Crippen LogP contribution in [0.15, 0.2) is 30.5 Å². The average molecular weight is 260 g/mol. The summed E-state index contributed by atoms with van der Waals surface area (Å²) in [6.07, 6.45) is 1.48. The first kappa shape index (κ1) is 12.2. The molecule has 1 saturated heterocycles. The molecule has 0 spiro atoms. The normalized spacial score (nSPS) is 17.3. The molecule has 0 bridgehead atoms. The summed E-state index contributed by atoms with van der Waals surface area (Å²) < 4.78 is 5.59. The van der Waals surface area contributed by atoms with Gasteiger partial charge in [0, 0.05) is 36.6 Å². The Balaban J connectivity index is 1.78. The molecule has 3 rings (SSSR count). The monoisotopic (exact) mass is 260 g/mol. The van der Waals surface area contributed by atoms with E-state index < -0.39 is 12.1 Å². The van der Waals surface area contributed by atoms with Crippen molar-refractivity contribution in [3.8, 4) is 0 Å². The number of aromatic amines is 1. The molecule has 5 nitrogen and oxygen atoms in total. The molecule has 19 heavy (non-hydrogen) atoms. The number of nitrogens with one attached hydrogen (secondary N) is 2. The Labute approximate surface area is 110 Å². The van der Waals surface area contributed by atoms with E-state index in [4.69, 9.17) is 4.74 Å². The van der Waals surface area contributed by atoms with Crippen LogP contribution in [0.1, 0.15) is 5.56 Å². The number of H-pyrrole nitrogens is 1. The van der Waals surface area contributed by atoms with Crippen molar-refractivity contribution >= 4 is 16.9 Å². The molecule has 0 aliphatic carbocycles. The maximum atomic E-state index is 11.3. The Kier molecular flexibility index (Phi) is 3.23. The first-order valence-corrected chi connectivity index (χ1v) is 6.38. The standard InChI is InChI=1S/C14H16N2O3/c17-14(18)13(19-10-7-15-8-10)5-9-6-16-12-4-2-1-3-11(9)12/h1-4,6,10,13,15-16H,5,7-8H2,(H,17,18)/t13-/m0/s1. The number of benzene rings is 1. The van der Waals surface area contributed by atoms with Gasteiger partial charge in [-0.15, -0.1) is 0 Å². The molecule has 1 aliphatic heterocycles. The minimum atomic E-state index is -0.905. The number of para-hydroxylation sites is 1. The van der Waals surface area contributed by atoms with Crippen molar-refractivity contribution in [1.29, 1.82) is 0 Å². The van der Waals surface area contributed by atoms with E-state index in [1.165, 1.54) is 0 Å². The van der Waals surface area contributed by atoms with Crippen LogP contribution < -0.4 is 5.32 Å². The van der Waals surface area contributed by atoms with Crippen LogP contribution in [-0.4, -0.2) is 41.4 Å². The number of hydrogen-bond acceptors (Lipinski definition) is 3. The molecule has 1 aromatic carbocycles. The maximum absolute atomic E-state index is 11.3. The lowest BCUT2D eigenvalue weighted by atomic mass is 10.1. The number of carboxylic acids is 1. The van der Waals surface area contributed by atoms with Crippen LogP contribution in [0.25, 0.3) is 10.9 Å². The molecule has 1 aromatic heterocycles. The Morgan fingerprint density at radius 3 is 2.89 bits per heavy atom. The highest BCUT2D eigenvalue weighted by Gasteiger charge is 2.27. The molecule has 1 atom stereocenters. The summed E-state index contributed by atoms with van der Waals surface area (Å²) in [5, 5.41) is 13.4. The molecule has 2 aromatic rings. The third-order valence-corrected chi connectivity index (χ3v) is 3.46. The first-order chi connectivity index (χ1) is 9.24. The fourth-order valence-corrected chi connectivity index (χ4v) is 2.28. The van der Waals surface area contributed by atoms with Crippen LogP contribution in [-0.2, 0) is 16.0 Å². The molecule has 0 unspecified atom stereocenters. The van der Waals surface area contributed by atoms with Crippen LogP contribution in [0.3, 0.4) is 0 Å². The second-order valence-electron chi connectivity index (χ2n) is 4.81. The van der Waals surface area contributed by atoms with Gasteiger partial charge in [-0.05, 0) is 11.6 Å². The Morgan fingerprint density at radius 1 is 1.42 bits per heavy atom. The number of carbonyl (C=O) groups is 1. The van der Waals surface area contributed by atoms with E-state index >= 15 is 0 Å². The zero-order valence-electron chi connectivity index (χ0n) is 10.4. The molecule has 0 radical (unpaired) electrons. The van der Waals surface area contributed by atoms with Gasteiger partial charge in [0.2, 0.25) is 0 Å². The molecule has 3 N–H and O–H groups in total. The van der Waals surface area contributed by atoms with E-state index in [9.17, 15) is 9.90 Å². The highest BCUT2D eigenvalue weighted by atomic mass is 16.5.